The Labute approximate surface area is 136 Å². The fourth-order valence-corrected chi connectivity index (χ4v) is 2.46. The standard InChI is InChI=1S/C15H14BrN3O3/c1-9(10-5-3-4-6-11(10)16)19-14(20)12-7-18-13(8-17-12)15(21)22-2/h3-9H,1-2H3,(H,19,20). The van der Waals surface area contributed by atoms with Crippen molar-refractivity contribution in [2.75, 3.05) is 7.11 Å². The molecule has 22 heavy (non-hydrogen) atoms. The van der Waals surface area contributed by atoms with E-state index in [1.807, 2.05) is 31.2 Å². The Bertz CT molecular complexity index is 689. The Morgan fingerprint density at radius 2 is 1.82 bits per heavy atom. The van der Waals surface area contributed by atoms with Gasteiger partial charge in [0.05, 0.1) is 25.5 Å². The van der Waals surface area contributed by atoms with Gasteiger partial charge in [0.25, 0.3) is 5.91 Å². The van der Waals surface area contributed by atoms with Crippen LogP contribution in [0, 0.1) is 0 Å². The van der Waals surface area contributed by atoms with Gasteiger partial charge in [-0.2, -0.15) is 0 Å². The summed E-state index contributed by atoms with van der Waals surface area (Å²) in [6.07, 6.45) is 2.46. The molecule has 0 saturated carbocycles. The van der Waals surface area contributed by atoms with E-state index in [2.05, 4.69) is 36.0 Å². The number of nitrogens with one attached hydrogen (secondary N) is 1. The third-order valence-corrected chi connectivity index (χ3v) is 3.72. The lowest BCUT2D eigenvalue weighted by atomic mass is 10.1. The maximum atomic E-state index is 12.1. The maximum absolute atomic E-state index is 12.1. The molecule has 0 radical (unpaired) electrons. The number of methoxy groups -OCH3 is 1. The zero-order valence-electron chi connectivity index (χ0n) is 12.0. The number of amides is 1. The molecule has 1 aromatic carbocycles. The van der Waals surface area contributed by atoms with Gasteiger partial charge in [0.2, 0.25) is 0 Å². The Balaban J connectivity index is 2.09. The van der Waals surface area contributed by atoms with Crippen molar-refractivity contribution < 1.29 is 14.3 Å². The number of hydrogen-bond donors (Lipinski definition) is 1. The number of carbonyl (C=O) groups excluding carboxylic acids is 2. The summed E-state index contributed by atoms with van der Waals surface area (Å²) >= 11 is 3.45. The van der Waals surface area contributed by atoms with E-state index in [-0.39, 0.29) is 23.3 Å². The zero-order valence-corrected chi connectivity index (χ0v) is 13.6. The minimum atomic E-state index is -0.596. The highest BCUT2D eigenvalue weighted by Crippen LogP contribution is 2.22. The van der Waals surface area contributed by atoms with Gasteiger partial charge in [-0.15, -0.1) is 0 Å². The Hall–Kier alpha value is -2.28. The van der Waals surface area contributed by atoms with Gasteiger partial charge in [0.1, 0.15) is 5.69 Å². The van der Waals surface area contributed by atoms with Crippen molar-refractivity contribution in [2.45, 2.75) is 13.0 Å². The number of rotatable bonds is 4. The summed E-state index contributed by atoms with van der Waals surface area (Å²) in [5.41, 5.74) is 1.14. The summed E-state index contributed by atoms with van der Waals surface area (Å²) < 4.78 is 5.44. The molecule has 114 valence electrons. The van der Waals surface area contributed by atoms with Gasteiger partial charge in [-0.05, 0) is 18.6 Å². The van der Waals surface area contributed by atoms with Crippen molar-refractivity contribution in [3.05, 3.63) is 58.1 Å². The Kier molecular flexibility index (Phi) is 5.21. The molecular formula is C15H14BrN3O3. The number of carbonyl (C=O) groups is 2. The molecule has 1 unspecified atom stereocenters. The SMILES string of the molecule is COC(=O)c1cnc(C(=O)NC(C)c2ccccc2Br)cn1. The Morgan fingerprint density at radius 3 is 2.41 bits per heavy atom. The number of hydrogen-bond acceptors (Lipinski definition) is 5. The minimum Gasteiger partial charge on any atom is -0.464 e. The van der Waals surface area contributed by atoms with E-state index in [4.69, 9.17) is 0 Å². The highest BCUT2D eigenvalue weighted by Gasteiger charge is 2.16. The average molecular weight is 364 g/mol. The highest BCUT2D eigenvalue weighted by atomic mass is 79.9. The number of nitrogens with zero attached hydrogens (tertiary/aromatic N) is 2. The summed E-state index contributed by atoms with van der Waals surface area (Å²) in [5.74, 6) is -0.965. The van der Waals surface area contributed by atoms with E-state index >= 15 is 0 Å². The number of esters is 1. The quantitative estimate of drug-likeness (QED) is 0.844. The molecule has 0 aliphatic rings. The van der Waals surface area contributed by atoms with Crippen LogP contribution in [-0.2, 0) is 4.74 Å². The second kappa shape index (κ2) is 7.13. The molecule has 0 saturated heterocycles. The normalized spacial score (nSPS) is 11.6. The van der Waals surface area contributed by atoms with E-state index in [1.165, 1.54) is 19.5 Å². The lowest BCUT2D eigenvalue weighted by Gasteiger charge is -2.15. The van der Waals surface area contributed by atoms with Crippen LogP contribution in [0.25, 0.3) is 0 Å². The molecule has 2 rings (SSSR count). The highest BCUT2D eigenvalue weighted by molar-refractivity contribution is 9.10. The molecule has 2 aromatic rings. The van der Waals surface area contributed by atoms with Crippen molar-refractivity contribution in [3.8, 4) is 0 Å². The summed E-state index contributed by atoms with van der Waals surface area (Å²) in [7, 11) is 1.25. The van der Waals surface area contributed by atoms with Crippen molar-refractivity contribution in [1.29, 1.82) is 0 Å². The number of benzene rings is 1. The fraction of sp³-hybridized carbons (Fsp3) is 0.200. The van der Waals surface area contributed by atoms with Crippen LogP contribution in [0.3, 0.4) is 0 Å². The van der Waals surface area contributed by atoms with Crippen molar-refractivity contribution in [2.24, 2.45) is 0 Å². The summed E-state index contributed by atoms with van der Waals surface area (Å²) in [5, 5.41) is 2.83. The van der Waals surface area contributed by atoms with Crippen LogP contribution in [0.4, 0.5) is 0 Å². The number of halogens is 1. The summed E-state index contributed by atoms with van der Waals surface area (Å²) in [6.45, 7) is 1.87. The van der Waals surface area contributed by atoms with Crippen molar-refractivity contribution in [3.63, 3.8) is 0 Å². The molecular weight excluding hydrogens is 350 g/mol. The molecule has 1 atom stereocenters. The predicted octanol–water partition coefficient (Wildman–Crippen LogP) is 2.52. The van der Waals surface area contributed by atoms with Crippen molar-refractivity contribution >= 4 is 27.8 Å². The third kappa shape index (κ3) is 3.67. The van der Waals surface area contributed by atoms with Crippen LogP contribution in [-0.4, -0.2) is 29.0 Å². The molecule has 0 bridgehead atoms. The van der Waals surface area contributed by atoms with Crippen LogP contribution in [0.15, 0.2) is 41.1 Å². The fourth-order valence-electron chi connectivity index (χ4n) is 1.83. The molecule has 0 aliphatic carbocycles. The van der Waals surface area contributed by atoms with Crippen LogP contribution >= 0.6 is 15.9 Å². The first-order valence-corrected chi connectivity index (χ1v) is 7.28. The third-order valence-electron chi connectivity index (χ3n) is 3.00. The monoisotopic (exact) mass is 363 g/mol. The lowest BCUT2D eigenvalue weighted by molar-refractivity contribution is 0.0592. The smallest absolute Gasteiger partial charge is 0.358 e. The number of ether oxygens (including phenoxy) is 1. The second-order valence-electron chi connectivity index (χ2n) is 4.50. The van der Waals surface area contributed by atoms with Gasteiger partial charge in [0.15, 0.2) is 5.69 Å². The molecule has 6 nitrogen and oxygen atoms in total. The van der Waals surface area contributed by atoms with E-state index in [1.54, 1.807) is 0 Å². The number of aromatic nitrogens is 2. The van der Waals surface area contributed by atoms with Gasteiger partial charge in [-0.1, -0.05) is 34.1 Å². The van der Waals surface area contributed by atoms with Gasteiger partial charge in [-0.25, -0.2) is 14.8 Å². The van der Waals surface area contributed by atoms with Gasteiger partial charge < -0.3 is 10.1 Å². The van der Waals surface area contributed by atoms with Crippen LogP contribution < -0.4 is 5.32 Å². The molecule has 1 N–H and O–H groups in total. The molecule has 0 spiro atoms. The lowest BCUT2D eigenvalue weighted by Crippen LogP contribution is -2.28. The summed E-state index contributed by atoms with van der Waals surface area (Å²) in [6, 6.07) is 7.42. The topological polar surface area (TPSA) is 81.2 Å². The van der Waals surface area contributed by atoms with Crippen LogP contribution in [0.5, 0.6) is 0 Å². The first kappa shape index (κ1) is 16.1. The Morgan fingerprint density at radius 1 is 1.18 bits per heavy atom. The van der Waals surface area contributed by atoms with Crippen LogP contribution in [0.2, 0.25) is 0 Å². The second-order valence-corrected chi connectivity index (χ2v) is 5.35. The first-order chi connectivity index (χ1) is 10.5. The first-order valence-electron chi connectivity index (χ1n) is 6.48. The largest absolute Gasteiger partial charge is 0.464 e. The van der Waals surface area contributed by atoms with Gasteiger partial charge in [-0.3, -0.25) is 4.79 Å². The van der Waals surface area contributed by atoms with E-state index in [0.717, 1.165) is 10.0 Å². The van der Waals surface area contributed by atoms with Gasteiger partial charge >= 0.3 is 5.97 Å². The molecule has 0 fully saturated rings. The minimum absolute atomic E-state index is 0.0536. The molecule has 1 amide bonds. The predicted molar refractivity (Wildman–Crippen MR) is 83.4 cm³/mol. The molecule has 1 aromatic heterocycles. The maximum Gasteiger partial charge on any atom is 0.358 e. The van der Waals surface area contributed by atoms with Crippen molar-refractivity contribution in [1.82, 2.24) is 15.3 Å². The summed E-state index contributed by atoms with van der Waals surface area (Å²) in [4.78, 5) is 31.2. The molecule has 0 aliphatic heterocycles. The van der Waals surface area contributed by atoms with E-state index < -0.39 is 5.97 Å². The average Bonchev–Trinajstić information content (AvgIpc) is 2.54. The molecule has 1 heterocycles. The molecule has 7 heteroatoms. The van der Waals surface area contributed by atoms with Crippen LogP contribution in [0.1, 0.15) is 39.5 Å². The van der Waals surface area contributed by atoms with E-state index in [9.17, 15) is 9.59 Å². The zero-order chi connectivity index (χ0) is 16.1. The van der Waals surface area contributed by atoms with E-state index in [0.29, 0.717) is 0 Å². The van der Waals surface area contributed by atoms with Gasteiger partial charge in [0, 0.05) is 4.47 Å².